The summed E-state index contributed by atoms with van der Waals surface area (Å²) >= 11 is 0. The van der Waals surface area contributed by atoms with Crippen LogP contribution in [0.1, 0.15) is 16.7 Å². The Kier molecular flexibility index (Phi) is 5.08. The summed E-state index contributed by atoms with van der Waals surface area (Å²) in [5, 5.41) is 8.65. The van der Waals surface area contributed by atoms with Crippen LogP contribution in [0.5, 0.6) is 0 Å². The Morgan fingerprint density at radius 2 is 1.50 bits per heavy atom. The number of nitrogens with zero attached hydrogens (tertiary/aromatic N) is 1. The molecule has 5 nitrogen and oxygen atoms in total. The van der Waals surface area contributed by atoms with Crippen molar-refractivity contribution in [1.29, 1.82) is 0 Å². The molecule has 0 fully saturated rings. The predicted molar refractivity (Wildman–Crippen MR) is 104 cm³/mol. The number of carbonyl (C=O) groups is 2. The Hall–Kier alpha value is -3.47. The molecule has 3 aromatic rings. The van der Waals surface area contributed by atoms with E-state index < -0.39 is 11.8 Å². The van der Waals surface area contributed by atoms with E-state index in [-0.39, 0.29) is 0 Å². The van der Waals surface area contributed by atoms with Gasteiger partial charge in [0.2, 0.25) is 0 Å². The highest BCUT2D eigenvalue weighted by molar-refractivity contribution is 6.39. The van der Waals surface area contributed by atoms with E-state index in [0.717, 1.165) is 27.5 Å². The minimum absolute atomic E-state index is 0.644. The van der Waals surface area contributed by atoms with Gasteiger partial charge >= 0.3 is 11.8 Å². The maximum Gasteiger partial charge on any atom is 0.329 e. The lowest BCUT2D eigenvalue weighted by Crippen LogP contribution is -2.32. The normalized spacial score (nSPS) is 10.8. The Balaban J connectivity index is 1.68. The van der Waals surface area contributed by atoms with Crippen LogP contribution < -0.4 is 10.7 Å². The van der Waals surface area contributed by atoms with Crippen LogP contribution in [0.3, 0.4) is 0 Å². The Morgan fingerprint density at radius 3 is 2.27 bits per heavy atom. The van der Waals surface area contributed by atoms with Gasteiger partial charge in [-0.25, -0.2) is 5.43 Å². The summed E-state index contributed by atoms with van der Waals surface area (Å²) in [6.07, 6.45) is 1.53. The number of rotatable bonds is 3. The maximum atomic E-state index is 12.1. The molecule has 0 aliphatic carbocycles. The second kappa shape index (κ2) is 7.61. The molecule has 0 unspecified atom stereocenters. The minimum atomic E-state index is -0.816. The van der Waals surface area contributed by atoms with E-state index in [9.17, 15) is 9.59 Å². The third-order valence-corrected chi connectivity index (χ3v) is 4.12. The highest BCUT2D eigenvalue weighted by Gasteiger charge is 2.15. The van der Waals surface area contributed by atoms with Crippen LogP contribution in [0.2, 0.25) is 0 Å². The smallest absolute Gasteiger partial charge is 0.317 e. The number of hydrazone groups is 1. The van der Waals surface area contributed by atoms with Crippen LogP contribution >= 0.6 is 0 Å². The molecule has 5 heteroatoms. The third kappa shape index (κ3) is 3.78. The molecule has 0 aliphatic rings. The highest BCUT2D eigenvalue weighted by atomic mass is 16.2. The lowest BCUT2D eigenvalue weighted by Gasteiger charge is -2.10. The fraction of sp³-hybridized carbons (Fsp3) is 0.0952. The summed E-state index contributed by atoms with van der Waals surface area (Å²) in [6.45, 7) is 3.75. The molecule has 0 bridgehead atoms. The average Bonchev–Trinajstić information content (AvgIpc) is 2.64. The number of carbonyl (C=O) groups excluding carboxylic acids is 2. The number of fused-ring (bicyclic) bond motifs is 1. The molecule has 26 heavy (non-hydrogen) atoms. The van der Waals surface area contributed by atoms with Gasteiger partial charge < -0.3 is 5.32 Å². The second-order valence-electron chi connectivity index (χ2n) is 5.99. The van der Waals surface area contributed by atoms with Crippen molar-refractivity contribution >= 4 is 34.5 Å². The number of aryl methyl sites for hydroxylation is 2. The Bertz CT molecular complexity index is 984. The summed E-state index contributed by atoms with van der Waals surface area (Å²) in [5.74, 6) is -1.57. The first kappa shape index (κ1) is 17.4. The first-order valence-corrected chi connectivity index (χ1v) is 8.24. The van der Waals surface area contributed by atoms with Crippen molar-refractivity contribution in [3.63, 3.8) is 0 Å². The van der Waals surface area contributed by atoms with Gasteiger partial charge in [-0.2, -0.15) is 5.10 Å². The van der Waals surface area contributed by atoms with Crippen LogP contribution in [-0.4, -0.2) is 18.0 Å². The third-order valence-electron chi connectivity index (χ3n) is 4.12. The topological polar surface area (TPSA) is 70.6 Å². The summed E-state index contributed by atoms with van der Waals surface area (Å²) in [4.78, 5) is 24.1. The Labute approximate surface area is 151 Å². The van der Waals surface area contributed by atoms with E-state index in [1.165, 1.54) is 6.21 Å². The highest BCUT2D eigenvalue weighted by Crippen LogP contribution is 2.19. The van der Waals surface area contributed by atoms with Crippen LogP contribution in [0.4, 0.5) is 5.69 Å². The van der Waals surface area contributed by atoms with E-state index in [0.29, 0.717) is 5.69 Å². The lowest BCUT2D eigenvalue weighted by atomic mass is 10.1. The molecule has 0 heterocycles. The van der Waals surface area contributed by atoms with Gasteiger partial charge in [-0.15, -0.1) is 0 Å². The molecule has 0 saturated heterocycles. The number of hydrogen-bond acceptors (Lipinski definition) is 3. The number of hydrogen-bond donors (Lipinski definition) is 2. The number of anilines is 1. The maximum absolute atomic E-state index is 12.1. The first-order chi connectivity index (χ1) is 12.6. The number of benzene rings is 3. The molecule has 0 radical (unpaired) electrons. The molecule has 0 aromatic heterocycles. The minimum Gasteiger partial charge on any atom is -0.317 e. The molecule has 0 atom stereocenters. The van der Waals surface area contributed by atoms with Crippen molar-refractivity contribution in [2.45, 2.75) is 13.8 Å². The zero-order chi connectivity index (χ0) is 18.5. The summed E-state index contributed by atoms with van der Waals surface area (Å²) in [6, 6.07) is 19.3. The van der Waals surface area contributed by atoms with Crippen molar-refractivity contribution in [3.8, 4) is 0 Å². The monoisotopic (exact) mass is 345 g/mol. The first-order valence-electron chi connectivity index (χ1n) is 8.24. The quantitative estimate of drug-likeness (QED) is 0.433. The van der Waals surface area contributed by atoms with Crippen molar-refractivity contribution in [2.24, 2.45) is 5.10 Å². The van der Waals surface area contributed by atoms with Crippen molar-refractivity contribution in [2.75, 3.05) is 5.32 Å². The fourth-order valence-corrected chi connectivity index (χ4v) is 2.76. The lowest BCUT2D eigenvalue weighted by molar-refractivity contribution is -0.136. The number of amides is 2. The van der Waals surface area contributed by atoms with E-state index in [4.69, 9.17) is 0 Å². The van der Waals surface area contributed by atoms with Crippen molar-refractivity contribution in [3.05, 3.63) is 77.4 Å². The van der Waals surface area contributed by atoms with Gasteiger partial charge in [-0.3, -0.25) is 9.59 Å². The number of para-hydroxylation sites is 1. The van der Waals surface area contributed by atoms with E-state index in [2.05, 4.69) is 15.8 Å². The van der Waals surface area contributed by atoms with Crippen LogP contribution in [-0.2, 0) is 9.59 Å². The molecular weight excluding hydrogens is 326 g/mol. The summed E-state index contributed by atoms with van der Waals surface area (Å²) in [7, 11) is 0. The molecule has 3 aromatic carbocycles. The average molecular weight is 345 g/mol. The van der Waals surface area contributed by atoms with Crippen molar-refractivity contribution in [1.82, 2.24) is 5.43 Å². The SMILES string of the molecule is Cc1cccc(C)c1NC(=O)C(=O)N/N=C/c1cccc2ccccc12. The van der Waals surface area contributed by atoms with Gasteiger partial charge in [-0.05, 0) is 35.7 Å². The zero-order valence-corrected chi connectivity index (χ0v) is 14.6. The van der Waals surface area contributed by atoms with E-state index >= 15 is 0 Å². The van der Waals surface area contributed by atoms with Crippen LogP contribution in [0.15, 0.2) is 65.8 Å². The molecule has 130 valence electrons. The van der Waals surface area contributed by atoms with Crippen LogP contribution in [0, 0.1) is 13.8 Å². The van der Waals surface area contributed by atoms with Gasteiger partial charge in [0.1, 0.15) is 0 Å². The molecule has 2 amide bonds. The zero-order valence-electron chi connectivity index (χ0n) is 14.6. The van der Waals surface area contributed by atoms with Gasteiger partial charge in [0.25, 0.3) is 0 Å². The molecule has 2 N–H and O–H groups in total. The molecular formula is C21H19N3O2. The number of nitrogens with one attached hydrogen (secondary N) is 2. The Morgan fingerprint density at radius 1 is 0.846 bits per heavy atom. The fourth-order valence-electron chi connectivity index (χ4n) is 2.76. The predicted octanol–water partition coefficient (Wildman–Crippen LogP) is 3.55. The van der Waals surface area contributed by atoms with Gasteiger partial charge in [-0.1, -0.05) is 60.7 Å². The molecule has 0 saturated carbocycles. The van der Waals surface area contributed by atoms with Gasteiger partial charge in [0, 0.05) is 11.3 Å². The summed E-state index contributed by atoms with van der Waals surface area (Å²) < 4.78 is 0. The van der Waals surface area contributed by atoms with E-state index in [1.807, 2.05) is 74.5 Å². The standard InChI is InChI=1S/C21H19N3O2/c1-14-7-5-8-15(2)19(14)23-20(25)21(26)24-22-13-17-11-6-10-16-9-3-4-12-18(16)17/h3-13H,1-2H3,(H,23,25)(H,24,26)/b22-13+. The summed E-state index contributed by atoms with van der Waals surface area (Å²) in [5.41, 5.74) is 5.56. The van der Waals surface area contributed by atoms with E-state index in [1.54, 1.807) is 0 Å². The van der Waals surface area contributed by atoms with Crippen LogP contribution in [0.25, 0.3) is 10.8 Å². The van der Waals surface area contributed by atoms with Crippen molar-refractivity contribution < 1.29 is 9.59 Å². The molecule has 0 aliphatic heterocycles. The largest absolute Gasteiger partial charge is 0.329 e. The second-order valence-corrected chi connectivity index (χ2v) is 5.99. The van der Waals surface area contributed by atoms with Gasteiger partial charge in [0.05, 0.1) is 6.21 Å². The van der Waals surface area contributed by atoms with Gasteiger partial charge in [0.15, 0.2) is 0 Å². The molecule has 3 rings (SSSR count). The molecule has 0 spiro atoms.